The summed E-state index contributed by atoms with van der Waals surface area (Å²) in [6, 6.07) is 4.40. The molecule has 2 heterocycles. The van der Waals surface area contributed by atoms with Gasteiger partial charge in [-0.3, -0.25) is 9.69 Å². The standard InChI is InChI=1S/C13H20ClN3OS/c1-8(15)13(11-3-4-12(14)19-11)17-6-5-10(7-17)16-9(2)18/h3-4,8,10,13H,5-7,15H2,1-2H3,(H,16,18). The van der Waals surface area contributed by atoms with E-state index in [0.29, 0.717) is 0 Å². The highest BCUT2D eigenvalue weighted by Gasteiger charge is 2.32. The summed E-state index contributed by atoms with van der Waals surface area (Å²) in [5.41, 5.74) is 6.14. The van der Waals surface area contributed by atoms with Gasteiger partial charge in [-0.1, -0.05) is 11.6 Å². The van der Waals surface area contributed by atoms with Crippen LogP contribution in [0.5, 0.6) is 0 Å². The molecular formula is C13H20ClN3OS. The Hall–Kier alpha value is -0.620. The van der Waals surface area contributed by atoms with Crippen molar-refractivity contribution in [3.05, 3.63) is 21.3 Å². The summed E-state index contributed by atoms with van der Waals surface area (Å²) in [7, 11) is 0. The second-order valence-electron chi connectivity index (χ2n) is 5.13. The maximum absolute atomic E-state index is 11.1. The van der Waals surface area contributed by atoms with Crippen LogP contribution >= 0.6 is 22.9 Å². The van der Waals surface area contributed by atoms with Gasteiger partial charge in [-0.15, -0.1) is 11.3 Å². The van der Waals surface area contributed by atoms with Crippen LogP contribution in [0.3, 0.4) is 0 Å². The Morgan fingerprint density at radius 3 is 2.89 bits per heavy atom. The molecule has 0 saturated carbocycles. The average molecular weight is 302 g/mol. The summed E-state index contributed by atoms with van der Waals surface area (Å²) in [6.45, 7) is 5.38. The molecule has 0 radical (unpaired) electrons. The van der Waals surface area contributed by atoms with E-state index < -0.39 is 0 Å². The van der Waals surface area contributed by atoms with Crippen molar-refractivity contribution < 1.29 is 4.79 Å². The molecule has 0 spiro atoms. The molecule has 0 bridgehead atoms. The molecule has 3 N–H and O–H groups in total. The fraction of sp³-hybridized carbons (Fsp3) is 0.615. The molecule has 1 aliphatic heterocycles. The first-order chi connectivity index (χ1) is 8.97. The molecule has 1 fully saturated rings. The van der Waals surface area contributed by atoms with E-state index in [1.54, 1.807) is 18.3 Å². The van der Waals surface area contributed by atoms with Gasteiger partial charge in [0.15, 0.2) is 0 Å². The van der Waals surface area contributed by atoms with Crippen molar-refractivity contribution in [3.63, 3.8) is 0 Å². The van der Waals surface area contributed by atoms with Crippen molar-refractivity contribution in [2.24, 2.45) is 5.73 Å². The Kier molecular flexibility index (Phi) is 4.84. The molecule has 6 heteroatoms. The molecule has 19 heavy (non-hydrogen) atoms. The Labute approximate surface area is 122 Å². The molecule has 1 aliphatic rings. The Morgan fingerprint density at radius 1 is 1.63 bits per heavy atom. The summed E-state index contributed by atoms with van der Waals surface area (Å²) in [5, 5.41) is 2.98. The monoisotopic (exact) mass is 301 g/mol. The van der Waals surface area contributed by atoms with Crippen molar-refractivity contribution in [1.29, 1.82) is 0 Å². The van der Waals surface area contributed by atoms with E-state index in [2.05, 4.69) is 10.2 Å². The zero-order chi connectivity index (χ0) is 14.0. The first-order valence-electron chi connectivity index (χ1n) is 6.49. The van der Waals surface area contributed by atoms with Gasteiger partial charge in [-0.25, -0.2) is 0 Å². The van der Waals surface area contributed by atoms with Gasteiger partial charge in [-0.05, 0) is 25.5 Å². The molecule has 0 aromatic carbocycles. The third kappa shape index (κ3) is 3.69. The summed E-state index contributed by atoms with van der Waals surface area (Å²) in [5.74, 6) is 0.0309. The zero-order valence-corrected chi connectivity index (χ0v) is 12.8. The van der Waals surface area contributed by atoms with Gasteiger partial charge >= 0.3 is 0 Å². The quantitative estimate of drug-likeness (QED) is 0.894. The van der Waals surface area contributed by atoms with Gasteiger partial charge in [-0.2, -0.15) is 0 Å². The molecule has 1 amide bonds. The van der Waals surface area contributed by atoms with Gasteiger partial charge < -0.3 is 11.1 Å². The molecule has 106 valence electrons. The van der Waals surface area contributed by atoms with Gasteiger partial charge in [0.05, 0.1) is 10.4 Å². The lowest BCUT2D eigenvalue weighted by Gasteiger charge is -2.30. The number of nitrogens with zero attached hydrogens (tertiary/aromatic N) is 1. The minimum absolute atomic E-state index is 0.0309. The number of likely N-dealkylation sites (tertiary alicyclic amines) is 1. The molecule has 1 aromatic heterocycles. The molecule has 3 unspecified atom stereocenters. The molecule has 1 saturated heterocycles. The van der Waals surface area contributed by atoms with Gasteiger partial charge in [0.2, 0.25) is 5.91 Å². The van der Waals surface area contributed by atoms with Gasteiger partial charge in [0.25, 0.3) is 0 Å². The second kappa shape index (κ2) is 6.22. The number of nitrogens with one attached hydrogen (secondary N) is 1. The molecule has 2 rings (SSSR count). The summed E-state index contributed by atoms with van der Waals surface area (Å²) in [6.07, 6.45) is 0.974. The summed E-state index contributed by atoms with van der Waals surface area (Å²) in [4.78, 5) is 14.7. The number of hydrogen-bond donors (Lipinski definition) is 2. The van der Waals surface area contributed by atoms with Gasteiger partial charge in [0.1, 0.15) is 0 Å². The van der Waals surface area contributed by atoms with Crippen LogP contribution in [0.1, 0.15) is 31.2 Å². The normalized spacial score (nSPS) is 23.3. The summed E-state index contributed by atoms with van der Waals surface area (Å²) < 4.78 is 0.790. The van der Waals surface area contributed by atoms with Crippen LogP contribution in [0.25, 0.3) is 0 Å². The van der Waals surface area contributed by atoms with E-state index in [1.807, 2.05) is 19.1 Å². The maximum atomic E-state index is 11.1. The van der Waals surface area contributed by atoms with Crippen molar-refractivity contribution in [1.82, 2.24) is 10.2 Å². The molecule has 1 aromatic rings. The van der Waals surface area contributed by atoms with Crippen LogP contribution < -0.4 is 11.1 Å². The number of nitrogens with two attached hydrogens (primary N) is 1. The number of carbonyl (C=O) groups is 1. The molecular weight excluding hydrogens is 282 g/mol. The van der Waals surface area contributed by atoms with Crippen LogP contribution in [0.15, 0.2) is 12.1 Å². The zero-order valence-electron chi connectivity index (χ0n) is 11.2. The second-order valence-corrected chi connectivity index (χ2v) is 6.87. The number of thiophene rings is 1. The third-order valence-electron chi connectivity index (χ3n) is 3.40. The lowest BCUT2D eigenvalue weighted by atomic mass is 10.1. The fourth-order valence-corrected chi connectivity index (χ4v) is 4.02. The SMILES string of the molecule is CC(=O)NC1CCN(C(c2ccc(Cl)s2)C(C)N)C1. The predicted molar refractivity (Wildman–Crippen MR) is 79.5 cm³/mol. The van der Waals surface area contributed by atoms with Crippen molar-refractivity contribution in [2.75, 3.05) is 13.1 Å². The van der Waals surface area contributed by atoms with E-state index in [-0.39, 0.29) is 24.0 Å². The van der Waals surface area contributed by atoms with Crippen LogP contribution in [0, 0.1) is 0 Å². The van der Waals surface area contributed by atoms with Crippen LogP contribution in [-0.4, -0.2) is 36.0 Å². The Morgan fingerprint density at radius 2 is 2.37 bits per heavy atom. The fourth-order valence-electron chi connectivity index (χ4n) is 2.70. The van der Waals surface area contributed by atoms with E-state index >= 15 is 0 Å². The minimum Gasteiger partial charge on any atom is -0.352 e. The average Bonchev–Trinajstić information content (AvgIpc) is 2.88. The van der Waals surface area contributed by atoms with E-state index in [1.165, 1.54) is 4.88 Å². The van der Waals surface area contributed by atoms with Gasteiger partial charge in [0, 0.05) is 37.0 Å². The number of rotatable bonds is 4. The highest BCUT2D eigenvalue weighted by Crippen LogP contribution is 2.34. The van der Waals surface area contributed by atoms with E-state index in [9.17, 15) is 4.79 Å². The van der Waals surface area contributed by atoms with E-state index in [0.717, 1.165) is 23.8 Å². The molecule has 3 atom stereocenters. The summed E-state index contributed by atoms with van der Waals surface area (Å²) >= 11 is 7.60. The van der Waals surface area contributed by atoms with Crippen LogP contribution in [0.2, 0.25) is 4.34 Å². The predicted octanol–water partition coefficient (Wildman–Crippen LogP) is 2.00. The van der Waals surface area contributed by atoms with Crippen molar-refractivity contribution >= 4 is 28.8 Å². The number of halogens is 1. The topological polar surface area (TPSA) is 58.4 Å². The van der Waals surface area contributed by atoms with Crippen molar-refractivity contribution in [3.8, 4) is 0 Å². The maximum Gasteiger partial charge on any atom is 0.217 e. The highest BCUT2D eigenvalue weighted by molar-refractivity contribution is 7.16. The largest absolute Gasteiger partial charge is 0.352 e. The van der Waals surface area contributed by atoms with Crippen LogP contribution in [-0.2, 0) is 4.79 Å². The first kappa shape index (κ1) is 14.8. The highest BCUT2D eigenvalue weighted by atomic mass is 35.5. The smallest absolute Gasteiger partial charge is 0.217 e. The minimum atomic E-state index is 0.0309. The lowest BCUT2D eigenvalue weighted by Crippen LogP contribution is -2.41. The lowest BCUT2D eigenvalue weighted by molar-refractivity contribution is -0.119. The Balaban J connectivity index is 2.07. The number of hydrogen-bond acceptors (Lipinski definition) is 4. The van der Waals surface area contributed by atoms with Crippen molar-refractivity contribution in [2.45, 2.75) is 38.4 Å². The molecule has 0 aliphatic carbocycles. The first-order valence-corrected chi connectivity index (χ1v) is 7.69. The molecule has 4 nitrogen and oxygen atoms in total. The number of carbonyl (C=O) groups excluding carboxylic acids is 1. The Bertz CT molecular complexity index is 449. The third-order valence-corrected chi connectivity index (χ3v) is 4.71. The number of amides is 1. The van der Waals surface area contributed by atoms with Crippen LogP contribution in [0.4, 0.5) is 0 Å². The van der Waals surface area contributed by atoms with E-state index in [4.69, 9.17) is 17.3 Å².